The van der Waals surface area contributed by atoms with Crippen LogP contribution in [0.5, 0.6) is 0 Å². The highest BCUT2D eigenvalue weighted by Crippen LogP contribution is 2.08. The van der Waals surface area contributed by atoms with Gasteiger partial charge in [-0.2, -0.15) is 5.10 Å². The molecule has 0 radical (unpaired) electrons. The van der Waals surface area contributed by atoms with Gasteiger partial charge in [-0.25, -0.2) is 4.68 Å². The molecule has 0 saturated carbocycles. The molecule has 5 nitrogen and oxygen atoms in total. The van der Waals surface area contributed by atoms with Crippen molar-refractivity contribution >= 4 is 11.7 Å². The third kappa shape index (κ3) is 4.89. The summed E-state index contributed by atoms with van der Waals surface area (Å²) in [5.41, 5.74) is 2.70. The third-order valence-electron chi connectivity index (χ3n) is 4.07. The van der Waals surface area contributed by atoms with Gasteiger partial charge in [0.1, 0.15) is 0 Å². The quantitative estimate of drug-likeness (QED) is 0.637. The fraction of sp³-hybridized carbons (Fsp3) is 0.190. The number of benzene rings is 2. The average Bonchev–Trinajstić information content (AvgIpc) is 3.16. The topological polar surface area (TPSA) is 64.0 Å². The van der Waals surface area contributed by atoms with Gasteiger partial charge in [0.2, 0.25) is 5.91 Å². The molecule has 3 aromatic rings. The normalized spacial score (nSPS) is 10.5. The summed E-state index contributed by atoms with van der Waals surface area (Å²) in [4.78, 5) is 23.9. The Morgan fingerprint density at radius 2 is 1.62 bits per heavy atom. The van der Waals surface area contributed by atoms with Gasteiger partial charge in [-0.15, -0.1) is 0 Å². The maximum Gasteiger partial charge on any atom is 0.220 e. The molecule has 0 aliphatic rings. The molecule has 26 heavy (non-hydrogen) atoms. The van der Waals surface area contributed by atoms with Crippen molar-refractivity contribution in [3.8, 4) is 5.69 Å². The van der Waals surface area contributed by atoms with Crippen LogP contribution < -0.4 is 5.32 Å². The van der Waals surface area contributed by atoms with Gasteiger partial charge in [-0.05, 0) is 24.1 Å². The molecule has 1 amide bonds. The Balaban J connectivity index is 1.40. The van der Waals surface area contributed by atoms with Crippen LogP contribution in [0.1, 0.15) is 28.8 Å². The van der Waals surface area contributed by atoms with Crippen LogP contribution in [0, 0.1) is 0 Å². The van der Waals surface area contributed by atoms with Crippen LogP contribution >= 0.6 is 0 Å². The van der Waals surface area contributed by atoms with E-state index in [2.05, 4.69) is 10.4 Å². The first-order valence-electron chi connectivity index (χ1n) is 8.66. The Kier molecular flexibility index (Phi) is 5.93. The number of rotatable bonds is 8. The monoisotopic (exact) mass is 347 g/mol. The fourth-order valence-electron chi connectivity index (χ4n) is 2.64. The van der Waals surface area contributed by atoms with Gasteiger partial charge in [-0.1, -0.05) is 48.5 Å². The summed E-state index contributed by atoms with van der Waals surface area (Å²) >= 11 is 0. The van der Waals surface area contributed by atoms with E-state index in [9.17, 15) is 9.59 Å². The van der Waals surface area contributed by atoms with Gasteiger partial charge in [-0.3, -0.25) is 9.59 Å². The van der Waals surface area contributed by atoms with Crippen LogP contribution in [-0.2, 0) is 11.2 Å². The van der Waals surface area contributed by atoms with Crippen molar-refractivity contribution in [2.45, 2.75) is 19.3 Å². The summed E-state index contributed by atoms with van der Waals surface area (Å²) in [6, 6.07) is 18.9. The van der Waals surface area contributed by atoms with Crippen LogP contribution in [0.4, 0.5) is 0 Å². The molecular weight excluding hydrogens is 326 g/mol. The molecular formula is C21H21N3O2. The predicted molar refractivity (Wildman–Crippen MR) is 100 cm³/mol. The van der Waals surface area contributed by atoms with E-state index in [1.807, 2.05) is 59.4 Å². The van der Waals surface area contributed by atoms with E-state index in [0.29, 0.717) is 18.5 Å². The van der Waals surface area contributed by atoms with Crippen molar-refractivity contribution in [1.29, 1.82) is 0 Å². The molecule has 0 spiro atoms. The van der Waals surface area contributed by atoms with E-state index < -0.39 is 0 Å². The summed E-state index contributed by atoms with van der Waals surface area (Å²) in [5.74, 6) is -0.116. The number of nitrogens with zero attached hydrogens (tertiary/aromatic N) is 2. The van der Waals surface area contributed by atoms with Gasteiger partial charge in [0.25, 0.3) is 0 Å². The van der Waals surface area contributed by atoms with Crippen molar-refractivity contribution in [1.82, 2.24) is 15.1 Å². The Hall–Kier alpha value is -3.21. The van der Waals surface area contributed by atoms with E-state index >= 15 is 0 Å². The lowest BCUT2D eigenvalue weighted by atomic mass is 10.1. The molecule has 0 fully saturated rings. The number of Topliss-reactive ketones (excluding diaryl/α,β-unsaturated/α-hetero) is 1. The van der Waals surface area contributed by atoms with Crippen molar-refractivity contribution < 1.29 is 9.59 Å². The lowest BCUT2D eigenvalue weighted by Crippen LogP contribution is -2.26. The van der Waals surface area contributed by atoms with Gasteiger partial charge in [0.15, 0.2) is 5.78 Å². The molecule has 0 saturated heterocycles. The molecule has 1 N–H and O–H groups in total. The second kappa shape index (κ2) is 8.76. The smallest absolute Gasteiger partial charge is 0.220 e. The SMILES string of the molecule is O=C(CCC(=O)c1ccccc1)NCCc1cnn(-c2ccccc2)c1. The Labute approximate surface area is 152 Å². The molecule has 1 heterocycles. The fourth-order valence-corrected chi connectivity index (χ4v) is 2.64. The number of hydrogen-bond donors (Lipinski definition) is 1. The second-order valence-corrected chi connectivity index (χ2v) is 6.02. The highest BCUT2D eigenvalue weighted by Gasteiger charge is 2.09. The number of aromatic nitrogens is 2. The van der Waals surface area contributed by atoms with Gasteiger partial charge < -0.3 is 5.32 Å². The molecule has 132 valence electrons. The average molecular weight is 347 g/mol. The Morgan fingerprint density at radius 1 is 0.923 bits per heavy atom. The van der Waals surface area contributed by atoms with Crippen LogP contribution in [0.25, 0.3) is 5.69 Å². The molecule has 1 aromatic heterocycles. The highest BCUT2D eigenvalue weighted by molar-refractivity contribution is 5.97. The number of amides is 1. The van der Waals surface area contributed by atoms with Gasteiger partial charge >= 0.3 is 0 Å². The van der Waals surface area contributed by atoms with E-state index in [4.69, 9.17) is 0 Å². The van der Waals surface area contributed by atoms with Crippen molar-refractivity contribution in [3.63, 3.8) is 0 Å². The molecule has 5 heteroatoms. The van der Waals surface area contributed by atoms with Crippen molar-refractivity contribution in [3.05, 3.63) is 84.2 Å². The van der Waals surface area contributed by atoms with Crippen molar-refractivity contribution in [2.75, 3.05) is 6.54 Å². The highest BCUT2D eigenvalue weighted by atomic mass is 16.2. The Morgan fingerprint density at radius 3 is 2.35 bits per heavy atom. The molecule has 2 aromatic carbocycles. The minimum atomic E-state index is -0.107. The number of carbonyl (C=O) groups excluding carboxylic acids is 2. The zero-order chi connectivity index (χ0) is 18.2. The number of ketones is 1. The minimum Gasteiger partial charge on any atom is -0.356 e. The van der Waals surface area contributed by atoms with E-state index in [0.717, 1.165) is 11.3 Å². The first-order valence-corrected chi connectivity index (χ1v) is 8.66. The number of para-hydroxylation sites is 1. The summed E-state index contributed by atoms with van der Waals surface area (Å²) in [5, 5.41) is 7.20. The number of hydrogen-bond acceptors (Lipinski definition) is 3. The van der Waals surface area contributed by atoms with Gasteiger partial charge in [0, 0.05) is 31.1 Å². The minimum absolute atomic E-state index is 0.00936. The molecule has 3 rings (SSSR count). The van der Waals surface area contributed by atoms with E-state index in [1.165, 1.54) is 0 Å². The third-order valence-corrected chi connectivity index (χ3v) is 4.07. The maximum atomic E-state index is 12.0. The first kappa shape index (κ1) is 17.6. The summed E-state index contributed by atoms with van der Waals surface area (Å²) in [6.07, 6.45) is 4.89. The van der Waals surface area contributed by atoms with E-state index in [-0.39, 0.29) is 24.5 Å². The van der Waals surface area contributed by atoms with E-state index in [1.54, 1.807) is 18.3 Å². The maximum absolute atomic E-state index is 12.0. The number of carbonyl (C=O) groups is 2. The van der Waals surface area contributed by atoms with Crippen LogP contribution in [0.2, 0.25) is 0 Å². The summed E-state index contributed by atoms with van der Waals surface area (Å²) in [6.45, 7) is 0.527. The van der Waals surface area contributed by atoms with Gasteiger partial charge in [0.05, 0.1) is 11.9 Å². The standard InChI is InChI=1S/C21H21N3O2/c25-20(18-7-3-1-4-8-18)11-12-21(26)22-14-13-17-15-23-24(16-17)19-9-5-2-6-10-19/h1-10,15-16H,11-14H2,(H,22,26). The van der Waals surface area contributed by atoms with Crippen molar-refractivity contribution in [2.24, 2.45) is 0 Å². The second-order valence-electron chi connectivity index (χ2n) is 6.02. The molecule has 0 bridgehead atoms. The largest absolute Gasteiger partial charge is 0.356 e. The van der Waals surface area contributed by atoms with Crippen LogP contribution in [0.15, 0.2) is 73.1 Å². The zero-order valence-electron chi connectivity index (χ0n) is 14.5. The predicted octanol–water partition coefficient (Wildman–Crippen LogP) is 3.19. The zero-order valence-corrected chi connectivity index (χ0v) is 14.5. The molecule has 0 aliphatic carbocycles. The lowest BCUT2D eigenvalue weighted by Gasteiger charge is -2.04. The molecule has 0 unspecified atom stereocenters. The lowest BCUT2D eigenvalue weighted by molar-refractivity contribution is -0.121. The van der Waals surface area contributed by atoms with Crippen LogP contribution in [0.3, 0.4) is 0 Å². The Bertz CT molecular complexity index is 857. The number of nitrogens with one attached hydrogen (secondary N) is 1. The first-order chi connectivity index (χ1) is 12.7. The molecule has 0 aliphatic heterocycles. The summed E-state index contributed by atoms with van der Waals surface area (Å²) in [7, 11) is 0. The molecule has 0 atom stereocenters. The summed E-state index contributed by atoms with van der Waals surface area (Å²) < 4.78 is 1.82. The van der Waals surface area contributed by atoms with Crippen LogP contribution in [-0.4, -0.2) is 28.0 Å².